The third kappa shape index (κ3) is 33.1. The molecule has 3 heterocycles. The van der Waals surface area contributed by atoms with Crippen LogP contribution in [0.1, 0.15) is 73.6 Å². The average Bonchev–Trinajstić information content (AvgIpc) is 1.63. The van der Waals surface area contributed by atoms with Crippen molar-refractivity contribution in [3.05, 3.63) is 53.3 Å². The molecule has 12 N–H and O–H groups in total. The highest BCUT2D eigenvalue weighted by molar-refractivity contribution is 6.08. The second-order valence-corrected chi connectivity index (χ2v) is 22.9. The molecule has 1 unspecified atom stereocenters. The quantitative estimate of drug-likeness (QED) is 0.0215. The van der Waals surface area contributed by atoms with Crippen LogP contribution in [-0.4, -0.2) is 294 Å². The Morgan fingerprint density at radius 1 is 0.614 bits per heavy atom. The molecule has 1 aliphatic heterocycles. The van der Waals surface area contributed by atoms with E-state index in [1.165, 1.54) is 25.3 Å². The number of alkyl carbamates (subject to hydrolysis) is 1. The van der Waals surface area contributed by atoms with E-state index in [0.29, 0.717) is 211 Å². The molecule has 0 bridgehead atoms. The number of aliphatic hydroxyl groups excluding tert-OH is 4. The molecule has 34 nitrogen and oxygen atoms in total. The third-order valence-electron chi connectivity index (χ3n) is 15.2. The van der Waals surface area contributed by atoms with Gasteiger partial charge in [0.1, 0.15) is 48.1 Å². The van der Waals surface area contributed by atoms with Crippen molar-refractivity contribution in [1.29, 1.82) is 0 Å². The zero-order valence-corrected chi connectivity index (χ0v) is 58.4. The number of fused-ring (bicyclic) bond motifs is 3. The van der Waals surface area contributed by atoms with Crippen LogP contribution in [0.25, 0.3) is 21.9 Å². The summed E-state index contributed by atoms with van der Waals surface area (Å²) in [6.45, 7) is 12.0. The van der Waals surface area contributed by atoms with Gasteiger partial charge in [0, 0.05) is 57.9 Å². The zero-order valence-electron chi connectivity index (χ0n) is 58.4. The molecule has 6 atom stereocenters. The second-order valence-electron chi connectivity index (χ2n) is 22.9. The summed E-state index contributed by atoms with van der Waals surface area (Å²) in [6.07, 6.45) is -5.16. The van der Waals surface area contributed by atoms with Crippen LogP contribution in [0.2, 0.25) is 0 Å². The number of methoxy groups -OCH3 is 2. The maximum atomic E-state index is 13.4. The Hall–Kier alpha value is -6.65. The Morgan fingerprint density at radius 2 is 1.18 bits per heavy atom. The number of amides is 4. The summed E-state index contributed by atoms with van der Waals surface area (Å²) in [4.78, 5) is 73.5. The van der Waals surface area contributed by atoms with Gasteiger partial charge in [-0.15, -0.1) is 0 Å². The summed E-state index contributed by atoms with van der Waals surface area (Å²) in [5.41, 5.74) is 14.9. The third-order valence-corrected chi connectivity index (χ3v) is 15.2. The number of carbonyl (C=O) groups is 5. The highest BCUT2D eigenvalue weighted by atomic mass is 16.7. The molecule has 0 spiro atoms. The molecule has 34 heteroatoms. The van der Waals surface area contributed by atoms with Gasteiger partial charge in [0.15, 0.2) is 5.82 Å². The van der Waals surface area contributed by atoms with E-state index in [1.807, 2.05) is 4.57 Å². The van der Waals surface area contributed by atoms with Crippen LogP contribution in [0.5, 0.6) is 5.75 Å². The Labute approximate surface area is 588 Å². The number of nitrogens with one attached hydrogen (secondary N) is 4. The number of aryl methyl sites for hydroxylation is 1. The largest absolute Gasteiger partial charge is 0.465 e. The molecule has 1 aliphatic rings. The maximum absolute atomic E-state index is 13.4. The number of nitrogens with zero attached hydrogens (tertiary/aromatic N) is 3. The molecule has 0 saturated carbocycles. The summed E-state index contributed by atoms with van der Waals surface area (Å²) in [6, 6.07) is 8.45. The molecule has 0 radical (unpaired) electrons. The minimum Gasteiger partial charge on any atom is -0.465 e. The number of aromatic nitrogens is 3. The van der Waals surface area contributed by atoms with E-state index in [-0.39, 0.29) is 68.9 Å². The van der Waals surface area contributed by atoms with Crippen molar-refractivity contribution in [2.45, 2.75) is 108 Å². The number of nitrogen functional groups attached to an aromatic ring is 1. The van der Waals surface area contributed by atoms with E-state index in [9.17, 15) is 44.4 Å². The molecule has 1 fully saturated rings. The van der Waals surface area contributed by atoms with Crippen molar-refractivity contribution >= 4 is 63.2 Å². The van der Waals surface area contributed by atoms with Crippen LogP contribution in [0.3, 0.4) is 0 Å². The predicted molar refractivity (Wildman–Crippen MR) is 365 cm³/mol. The lowest BCUT2D eigenvalue weighted by Crippen LogP contribution is -2.60. The molecule has 2 aromatic heterocycles. The fourth-order valence-electron chi connectivity index (χ4n) is 9.78. The fraction of sp³-hybridized carbons (Fsp3) is 0.687. The molecule has 4 aromatic rings. The number of imidazole rings is 1. The van der Waals surface area contributed by atoms with Crippen LogP contribution in [0, 0.1) is 0 Å². The van der Waals surface area contributed by atoms with Crippen LogP contribution < -0.4 is 37.5 Å². The first kappa shape index (κ1) is 85.0. The van der Waals surface area contributed by atoms with Crippen molar-refractivity contribution in [2.75, 3.05) is 203 Å². The van der Waals surface area contributed by atoms with E-state index < -0.39 is 67.2 Å². The standard InChI is InChI=1S/C67H107N9O25/c1-4-5-9-55-75-58-59(49-12-11-48(65(84)87-3)44-51(49)74-63(58)69)76(55)19-18-72-67(85)99-46-47-10-13-53(100-66-62(82)61(81)60(80)54(45-77)101-66)52(43-47)73-57(79)14-17-71-64(83)50(68)8-6-7-16-70-56(78)15-20-88-23-24-90-27-28-92-31-32-94-35-36-96-39-40-98-42-41-97-38-37-95-34-33-93-30-29-91-26-25-89-22-21-86-2/h10-13,43-44,50,54,60-62,66,77,80-82H,4-9,14-42,45-46,68H2,1-3H3,(H2,69,74)(H,70,78)(H,71,83)(H,72,85)(H,73,79)/t50-,54+,60+,61-,62?,66-/m0/s1. The first-order chi connectivity index (χ1) is 49.2. The summed E-state index contributed by atoms with van der Waals surface area (Å²) in [7, 11) is 2.92. The van der Waals surface area contributed by atoms with Gasteiger partial charge in [-0.1, -0.05) is 19.4 Å². The number of nitrogens with two attached hydrogens (primary N) is 2. The number of hydrogen-bond acceptors (Lipinski definition) is 29. The average molecular weight is 1440 g/mol. The number of esters is 1. The Balaban J connectivity index is 0.874. The smallest absolute Gasteiger partial charge is 0.407 e. The van der Waals surface area contributed by atoms with Gasteiger partial charge >= 0.3 is 12.1 Å². The normalized spacial score (nSPS) is 16.3. The van der Waals surface area contributed by atoms with Gasteiger partial charge in [0.25, 0.3) is 0 Å². The first-order valence-electron chi connectivity index (χ1n) is 34.3. The van der Waals surface area contributed by atoms with Gasteiger partial charge in [-0.2, -0.15) is 0 Å². The number of benzene rings is 2. The molecule has 570 valence electrons. The van der Waals surface area contributed by atoms with Crippen molar-refractivity contribution in [2.24, 2.45) is 5.73 Å². The van der Waals surface area contributed by atoms with Gasteiger partial charge in [-0.3, -0.25) is 14.4 Å². The molecule has 4 amide bonds. The predicted octanol–water partition coefficient (Wildman–Crippen LogP) is 0.679. The van der Waals surface area contributed by atoms with Crippen molar-refractivity contribution in [3.63, 3.8) is 0 Å². The van der Waals surface area contributed by atoms with E-state index in [2.05, 4.69) is 33.2 Å². The molecule has 1 saturated heterocycles. The number of pyridine rings is 1. The highest BCUT2D eigenvalue weighted by Crippen LogP contribution is 2.33. The van der Waals surface area contributed by atoms with Crippen LogP contribution in [0.4, 0.5) is 16.3 Å². The molecule has 101 heavy (non-hydrogen) atoms. The van der Waals surface area contributed by atoms with Crippen molar-refractivity contribution < 1.29 is 120 Å². The van der Waals surface area contributed by atoms with Gasteiger partial charge in [-0.25, -0.2) is 19.6 Å². The zero-order chi connectivity index (χ0) is 72.7. The van der Waals surface area contributed by atoms with Gasteiger partial charge in [-0.05, 0) is 61.6 Å². The van der Waals surface area contributed by atoms with Crippen LogP contribution in [0.15, 0.2) is 36.4 Å². The molecular formula is C67H107N9O25. The molecule has 2 aromatic carbocycles. The number of carbonyl (C=O) groups excluding carboxylic acids is 5. The Kier molecular flexibility index (Phi) is 43.3. The minimum atomic E-state index is -1.77. The number of hydrogen-bond donors (Lipinski definition) is 10. The first-order valence-corrected chi connectivity index (χ1v) is 34.3. The SMILES string of the molecule is CCCCc1nc2c(N)nc3cc(C(=O)OC)ccc3c2n1CCNC(=O)OCc1ccc(O[C@H]2O[C@H](CO)[C@@H](O)[C@H](O)C2O)c(NC(=O)CCNC(=O)[C@@H](N)CCCCNC(=O)CCOCCOCCOCCOCCOCCOCCOCCOCCOCCOCCOCCOC)c1. The topological polar surface area (TPSA) is 445 Å². The lowest BCUT2D eigenvalue weighted by molar-refractivity contribution is -0.277. The molecule has 5 rings (SSSR count). The van der Waals surface area contributed by atoms with Gasteiger partial charge < -0.3 is 134 Å². The molecular weight excluding hydrogens is 1330 g/mol. The number of rotatable bonds is 58. The Bertz CT molecular complexity index is 2990. The van der Waals surface area contributed by atoms with Crippen LogP contribution >= 0.6 is 0 Å². The number of ether oxygens (including phenoxy) is 16. The lowest BCUT2D eigenvalue weighted by atomic mass is 9.99. The summed E-state index contributed by atoms with van der Waals surface area (Å²) >= 11 is 0. The molecule has 0 aliphatic carbocycles. The van der Waals surface area contributed by atoms with Crippen molar-refractivity contribution in [1.82, 2.24) is 30.5 Å². The lowest BCUT2D eigenvalue weighted by Gasteiger charge is -2.39. The van der Waals surface area contributed by atoms with Crippen molar-refractivity contribution in [3.8, 4) is 5.75 Å². The summed E-state index contributed by atoms with van der Waals surface area (Å²) in [5.74, 6) is -0.948. The summed E-state index contributed by atoms with van der Waals surface area (Å²) < 4.78 is 89.0. The highest BCUT2D eigenvalue weighted by Gasteiger charge is 2.45. The second kappa shape index (κ2) is 51.5. The van der Waals surface area contributed by atoms with E-state index in [4.69, 9.17) is 92.2 Å². The Morgan fingerprint density at radius 3 is 1.72 bits per heavy atom. The number of anilines is 2. The maximum Gasteiger partial charge on any atom is 0.407 e. The van der Waals surface area contributed by atoms with E-state index in [0.717, 1.165) is 18.7 Å². The van der Waals surface area contributed by atoms with Gasteiger partial charge in [0.05, 0.1) is 194 Å². The van der Waals surface area contributed by atoms with Gasteiger partial charge in [0.2, 0.25) is 24.0 Å². The number of aliphatic hydroxyl groups is 4. The minimum absolute atomic E-state index is 0.0231. The summed E-state index contributed by atoms with van der Waals surface area (Å²) in [5, 5.41) is 52.9. The van der Waals surface area contributed by atoms with E-state index >= 15 is 0 Å². The van der Waals surface area contributed by atoms with Crippen LogP contribution in [-0.2, 0) is 105 Å². The monoisotopic (exact) mass is 1440 g/mol. The van der Waals surface area contributed by atoms with E-state index in [1.54, 1.807) is 25.3 Å². The fourth-order valence-corrected chi connectivity index (χ4v) is 9.78. The number of unbranched alkanes of at least 4 members (excludes halogenated alkanes) is 2.